The second kappa shape index (κ2) is 7.28. The Labute approximate surface area is 153 Å². The zero-order valence-electron chi connectivity index (χ0n) is 14.5. The van der Waals surface area contributed by atoms with Crippen LogP contribution >= 0.6 is 11.6 Å². The quantitative estimate of drug-likeness (QED) is 0.831. The average molecular weight is 357 g/mol. The van der Waals surface area contributed by atoms with Crippen LogP contribution < -0.4 is 9.80 Å². The third-order valence-corrected chi connectivity index (χ3v) is 5.06. The van der Waals surface area contributed by atoms with Gasteiger partial charge in [-0.3, -0.25) is 9.59 Å². The highest BCUT2D eigenvalue weighted by Gasteiger charge is 2.25. The van der Waals surface area contributed by atoms with Crippen molar-refractivity contribution in [3.05, 3.63) is 58.6 Å². The van der Waals surface area contributed by atoms with Crippen LogP contribution in [0, 0.1) is 6.92 Å². The van der Waals surface area contributed by atoms with Gasteiger partial charge in [0.2, 0.25) is 11.8 Å². The van der Waals surface area contributed by atoms with E-state index in [9.17, 15) is 9.59 Å². The highest BCUT2D eigenvalue weighted by Crippen LogP contribution is 2.29. The van der Waals surface area contributed by atoms with Crippen molar-refractivity contribution in [1.82, 2.24) is 0 Å². The van der Waals surface area contributed by atoms with Gasteiger partial charge in [0.25, 0.3) is 0 Å². The average Bonchev–Trinajstić information content (AvgIpc) is 3.02. The van der Waals surface area contributed by atoms with Crippen molar-refractivity contribution in [2.24, 2.45) is 0 Å². The van der Waals surface area contributed by atoms with E-state index >= 15 is 0 Å². The summed E-state index contributed by atoms with van der Waals surface area (Å²) in [6, 6.07) is 13.4. The summed E-state index contributed by atoms with van der Waals surface area (Å²) in [6.45, 7) is 4.44. The van der Waals surface area contributed by atoms with Crippen LogP contribution in [0.3, 0.4) is 0 Å². The van der Waals surface area contributed by atoms with Crippen LogP contribution in [0.15, 0.2) is 42.5 Å². The minimum Gasteiger partial charge on any atom is -0.312 e. The fourth-order valence-corrected chi connectivity index (χ4v) is 3.45. The second-order valence-electron chi connectivity index (χ2n) is 6.23. The maximum atomic E-state index is 12.7. The topological polar surface area (TPSA) is 40.6 Å². The molecule has 0 aliphatic carbocycles. The fraction of sp³-hybridized carbons (Fsp3) is 0.300. The first-order valence-electron chi connectivity index (χ1n) is 8.40. The van der Waals surface area contributed by atoms with Gasteiger partial charge < -0.3 is 9.80 Å². The maximum absolute atomic E-state index is 12.7. The molecule has 0 unspecified atom stereocenters. The number of hydrogen-bond donors (Lipinski definition) is 0. The maximum Gasteiger partial charge on any atom is 0.228 e. The summed E-state index contributed by atoms with van der Waals surface area (Å²) >= 11 is 6.17. The standard InChI is InChI=1S/C20H21ClN2O2/c1-14-17(21)7-5-9-18(14)22(15(2)24)13-11-20(25)23-12-10-16-6-3-4-8-19(16)23/h3-9H,10-13H2,1-2H3. The molecule has 4 nitrogen and oxygen atoms in total. The molecule has 3 rings (SSSR count). The number of halogens is 1. The van der Waals surface area contributed by atoms with E-state index in [4.69, 9.17) is 11.6 Å². The highest BCUT2D eigenvalue weighted by atomic mass is 35.5. The molecule has 0 saturated carbocycles. The summed E-state index contributed by atoms with van der Waals surface area (Å²) in [5.74, 6) is -0.0594. The Morgan fingerprint density at radius 1 is 1.16 bits per heavy atom. The first-order valence-corrected chi connectivity index (χ1v) is 8.78. The molecular formula is C20H21ClN2O2. The van der Waals surface area contributed by atoms with Crippen LogP contribution in [0.4, 0.5) is 11.4 Å². The number of benzene rings is 2. The van der Waals surface area contributed by atoms with E-state index in [0.29, 0.717) is 18.1 Å². The number of anilines is 2. The molecule has 0 aromatic heterocycles. The van der Waals surface area contributed by atoms with Gasteiger partial charge in [-0.2, -0.15) is 0 Å². The van der Waals surface area contributed by atoms with Gasteiger partial charge in [-0.05, 0) is 42.7 Å². The Morgan fingerprint density at radius 3 is 2.68 bits per heavy atom. The van der Waals surface area contributed by atoms with Crippen molar-refractivity contribution in [2.75, 3.05) is 22.9 Å². The minimum atomic E-state index is -0.0972. The predicted molar refractivity (Wildman–Crippen MR) is 101 cm³/mol. The van der Waals surface area contributed by atoms with Gasteiger partial charge in [0.1, 0.15) is 0 Å². The zero-order chi connectivity index (χ0) is 18.0. The molecule has 0 spiro atoms. The number of hydrogen-bond acceptors (Lipinski definition) is 2. The lowest BCUT2D eigenvalue weighted by molar-refractivity contribution is -0.118. The van der Waals surface area contributed by atoms with E-state index in [2.05, 4.69) is 6.07 Å². The molecule has 2 aromatic carbocycles. The first kappa shape index (κ1) is 17.5. The molecule has 2 aromatic rings. The van der Waals surface area contributed by atoms with Gasteiger partial charge in [-0.15, -0.1) is 0 Å². The number of amides is 2. The van der Waals surface area contributed by atoms with Gasteiger partial charge in [0.05, 0.1) is 0 Å². The lowest BCUT2D eigenvalue weighted by Crippen LogP contribution is -2.36. The van der Waals surface area contributed by atoms with E-state index in [0.717, 1.165) is 23.4 Å². The number of carbonyl (C=O) groups is 2. The summed E-state index contributed by atoms with van der Waals surface area (Å²) in [7, 11) is 0. The van der Waals surface area contributed by atoms with E-state index in [1.807, 2.05) is 42.2 Å². The van der Waals surface area contributed by atoms with Gasteiger partial charge in [-0.1, -0.05) is 35.9 Å². The monoisotopic (exact) mass is 356 g/mol. The number of carbonyl (C=O) groups excluding carboxylic acids is 2. The fourth-order valence-electron chi connectivity index (χ4n) is 3.28. The summed E-state index contributed by atoms with van der Waals surface area (Å²) < 4.78 is 0. The summed E-state index contributed by atoms with van der Waals surface area (Å²) in [5, 5.41) is 0.614. The molecule has 5 heteroatoms. The van der Waals surface area contributed by atoms with Crippen LogP contribution in [0.1, 0.15) is 24.5 Å². The molecule has 0 atom stereocenters. The molecule has 0 N–H and O–H groups in total. The van der Waals surface area contributed by atoms with Crippen molar-refractivity contribution in [1.29, 1.82) is 0 Å². The van der Waals surface area contributed by atoms with E-state index in [1.54, 1.807) is 11.0 Å². The van der Waals surface area contributed by atoms with Crippen LogP contribution in [0.25, 0.3) is 0 Å². The number of nitrogens with zero attached hydrogens (tertiary/aromatic N) is 2. The third kappa shape index (κ3) is 3.54. The molecule has 0 fully saturated rings. The van der Waals surface area contributed by atoms with Crippen LogP contribution in [-0.2, 0) is 16.0 Å². The molecule has 25 heavy (non-hydrogen) atoms. The Bertz CT molecular complexity index is 819. The molecule has 1 aliphatic rings. The van der Waals surface area contributed by atoms with Gasteiger partial charge >= 0.3 is 0 Å². The third-order valence-electron chi connectivity index (χ3n) is 4.65. The summed E-state index contributed by atoms with van der Waals surface area (Å²) in [5.41, 5.74) is 3.79. The SMILES string of the molecule is CC(=O)N(CCC(=O)N1CCc2ccccc21)c1cccc(Cl)c1C. The van der Waals surface area contributed by atoms with Crippen molar-refractivity contribution in [2.45, 2.75) is 26.7 Å². The van der Waals surface area contributed by atoms with Gasteiger partial charge in [0, 0.05) is 42.8 Å². The summed E-state index contributed by atoms with van der Waals surface area (Å²) in [6.07, 6.45) is 1.16. The number of rotatable bonds is 4. The largest absolute Gasteiger partial charge is 0.312 e. The number of para-hydroxylation sites is 1. The van der Waals surface area contributed by atoms with Crippen LogP contribution in [0.5, 0.6) is 0 Å². The van der Waals surface area contributed by atoms with Crippen molar-refractivity contribution < 1.29 is 9.59 Å². The number of fused-ring (bicyclic) bond motifs is 1. The predicted octanol–water partition coefficient (Wildman–Crippen LogP) is 3.98. The Balaban J connectivity index is 1.74. The molecule has 130 valence electrons. The van der Waals surface area contributed by atoms with E-state index < -0.39 is 0 Å². The van der Waals surface area contributed by atoms with Crippen LogP contribution in [-0.4, -0.2) is 24.9 Å². The Hall–Kier alpha value is -2.33. The molecule has 0 saturated heterocycles. The molecule has 0 radical (unpaired) electrons. The Kier molecular flexibility index (Phi) is 5.09. The normalized spacial score (nSPS) is 12.8. The molecule has 1 heterocycles. The highest BCUT2D eigenvalue weighted by molar-refractivity contribution is 6.31. The minimum absolute atomic E-state index is 0.0379. The van der Waals surface area contributed by atoms with Gasteiger partial charge in [-0.25, -0.2) is 0 Å². The second-order valence-corrected chi connectivity index (χ2v) is 6.64. The van der Waals surface area contributed by atoms with Gasteiger partial charge in [0.15, 0.2) is 0 Å². The van der Waals surface area contributed by atoms with E-state index in [1.165, 1.54) is 12.5 Å². The lowest BCUT2D eigenvalue weighted by Gasteiger charge is -2.25. The van der Waals surface area contributed by atoms with Crippen molar-refractivity contribution >= 4 is 34.8 Å². The molecule has 1 aliphatic heterocycles. The Morgan fingerprint density at radius 2 is 1.92 bits per heavy atom. The van der Waals surface area contributed by atoms with E-state index in [-0.39, 0.29) is 18.2 Å². The first-order chi connectivity index (χ1) is 12.0. The lowest BCUT2D eigenvalue weighted by atomic mass is 10.1. The van der Waals surface area contributed by atoms with Crippen LogP contribution in [0.2, 0.25) is 5.02 Å². The smallest absolute Gasteiger partial charge is 0.228 e. The molecule has 0 bridgehead atoms. The van der Waals surface area contributed by atoms with Crippen molar-refractivity contribution in [3.8, 4) is 0 Å². The zero-order valence-corrected chi connectivity index (χ0v) is 15.2. The summed E-state index contributed by atoms with van der Waals surface area (Å²) in [4.78, 5) is 28.2. The molecular weight excluding hydrogens is 336 g/mol. The van der Waals surface area contributed by atoms with Crippen molar-refractivity contribution in [3.63, 3.8) is 0 Å². The molecule has 2 amide bonds.